The lowest BCUT2D eigenvalue weighted by molar-refractivity contribution is 0.254. The number of unbranched alkanes of at least 4 members (excludes halogenated alkanes) is 57. The van der Waals surface area contributed by atoms with Crippen molar-refractivity contribution in [2.75, 3.05) is 39.8 Å². The van der Waals surface area contributed by atoms with Gasteiger partial charge in [-0.25, -0.2) is 0 Å². The summed E-state index contributed by atoms with van der Waals surface area (Å²) in [6, 6.07) is 0. The van der Waals surface area contributed by atoms with Crippen LogP contribution in [0.3, 0.4) is 0 Å². The van der Waals surface area contributed by atoms with Crippen molar-refractivity contribution in [2.24, 2.45) is 0 Å². The van der Waals surface area contributed by atoms with Crippen molar-refractivity contribution in [3.8, 4) is 0 Å². The van der Waals surface area contributed by atoms with Crippen LogP contribution in [0, 0.1) is 0 Å². The molecule has 0 saturated heterocycles. The third-order valence-corrected chi connectivity index (χ3v) is 17.3. The van der Waals surface area contributed by atoms with Crippen LogP contribution in [0.4, 0.5) is 0 Å². The monoisotopic (exact) mass is 1060 g/mol. The first-order valence-electron chi connectivity index (χ1n) is 36.6. The van der Waals surface area contributed by atoms with Crippen LogP contribution in [-0.4, -0.2) is 49.6 Å². The summed E-state index contributed by atoms with van der Waals surface area (Å²) in [5, 5.41) is 0. The molecule has 2 heteroatoms. The van der Waals surface area contributed by atoms with Gasteiger partial charge in [0.1, 0.15) is 0 Å². The first-order chi connectivity index (χ1) is 37.2. The lowest BCUT2D eigenvalue weighted by atomic mass is 10.0. The minimum atomic E-state index is 1.32. The Bertz CT molecular complexity index is 824. The predicted molar refractivity (Wildman–Crippen MR) is 349 cm³/mol. The Hall–Kier alpha value is -0.0800. The van der Waals surface area contributed by atoms with Gasteiger partial charge in [0.2, 0.25) is 0 Å². The lowest BCUT2D eigenvalue weighted by Crippen LogP contribution is -2.27. The van der Waals surface area contributed by atoms with Gasteiger partial charge in [-0.3, -0.25) is 0 Å². The fraction of sp³-hybridized carbons (Fsp3) is 1.00. The lowest BCUT2D eigenvalue weighted by Gasteiger charge is -2.22. The van der Waals surface area contributed by atoms with Gasteiger partial charge in [0, 0.05) is 0 Å². The minimum Gasteiger partial charge on any atom is -0.306 e. The molecule has 0 aromatic heterocycles. The van der Waals surface area contributed by atoms with E-state index in [1.807, 2.05) is 0 Å². The zero-order chi connectivity index (χ0) is 54.5. The second-order valence-electron chi connectivity index (χ2n) is 25.3. The molecule has 0 aromatic rings. The third-order valence-electron chi connectivity index (χ3n) is 17.3. The van der Waals surface area contributed by atoms with E-state index in [1.54, 1.807) is 0 Å². The molecule has 75 heavy (non-hydrogen) atoms. The van der Waals surface area contributed by atoms with Crippen molar-refractivity contribution in [3.63, 3.8) is 0 Å². The van der Waals surface area contributed by atoms with E-state index in [9.17, 15) is 0 Å². The van der Waals surface area contributed by atoms with E-state index in [2.05, 4.69) is 51.5 Å². The third kappa shape index (κ3) is 73.9. The highest BCUT2D eigenvalue weighted by molar-refractivity contribution is 4.62. The van der Waals surface area contributed by atoms with Gasteiger partial charge in [-0.15, -0.1) is 0 Å². The van der Waals surface area contributed by atoms with Crippen LogP contribution in [0.1, 0.15) is 433 Å². The zero-order valence-corrected chi connectivity index (χ0v) is 54.3. The van der Waals surface area contributed by atoms with Gasteiger partial charge in [0.25, 0.3) is 0 Å². The highest BCUT2D eigenvalue weighted by Gasteiger charge is 2.06. The highest BCUT2D eigenvalue weighted by Crippen LogP contribution is 2.18. The maximum atomic E-state index is 2.85. The largest absolute Gasteiger partial charge is 0.306 e. The zero-order valence-electron chi connectivity index (χ0n) is 54.3. The maximum Gasteiger partial charge on any atom is -0.00187 e. The molecule has 0 fully saturated rings. The van der Waals surface area contributed by atoms with Crippen molar-refractivity contribution >= 4 is 0 Å². The fourth-order valence-electron chi connectivity index (χ4n) is 11.8. The summed E-state index contributed by atoms with van der Waals surface area (Å²) in [5.41, 5.74) is 0. The molecule has 0 amide bonds. The summed E-state index contributed by atoms with van der Waals surface area (Å²) in [5.74, 6) is 0. The second-order valence-corrected chi connectivity index (χ2v) is 25.3. The Morgan fingerprint density at radius 1 is 0.133 bits per heavy atom. The van der Waals surface area contributed by atoms with Crippen LogP contribution in [0.25, 0.3) is 0 Å². The first-order valence-corrected chi connectivity index (χ1v) is 36.6. The predicted octanol–water partition coefficient (Wildman–Crippen LogP) is 26.5. The molecule has 0 rings (SSSR count). The average molecular weight is 1060 g/mol. The molecule has 0 radical (unpaired) electrons. The first kappa shape index (κ1) is 77.0. The van der Waals surface area contributed by atoms with Crippen molar-refractivity contribution in [2.45, 2.75) is 433 Å². The van der Waals surface area contributed by atoms with Crippen LogP contribution in [0.15, 0.2) is 0 Å². The number of hydrogen-bond donors (Lipinski definition) is 0. The molecule has 0 aliphatic rings. The van der Waals surface area contributed by atoms with E-state index in [4.69, 9.17) is 0 Å². The van der Waals surface area contributed by atoms with Gasteiger partial charge in [0.15, 0.2) is 0 Å². The summed E-state index contributed by atoms with van der Waals surface area (Å²) >= 11 is 0. The Labute approximate surface area is 480 Å². The van der Waals surface area contributed by atoms with E-state index in [0.717, 1.165) is 0 Å². The molecule has 0 aromatic carbocycles. The molecule has 0 aliphatic carbocycles. The van der Waals surface area contributed by atoms with E-state index < -0.39 is 0 Å². The van der Waals surface area contributed by atoms with Crippen LogP contribution in [-0.2, 0) is 0 Å². The van der Waals surface area contributed by atoms with Gasteiger partial charge >= 0.3 is 0 Å². The number of rotatable bonds is 67. The second kappa shape index (κ2) is 73.9. The quantitative estimate of drug-likeness (QED) is 0.0560. The maximum absolute atomic E-state index is 2.85. The van der Waals surface area contributed by atoms with Gasteiger partial charge in [0.05, 0.1) is 0 Å². The molecule has 0 unspecified atom stereocenters. The van der Waals surface area contributed by atoms with Crippen LogP contribution < -0.4 is 0 Å². The summed E-state index contributed by atoms with van der Waals surface area (Å²) in [4.78, 5) is 5.44. The number of nitrogens with zero attached hydrogens (tertiary/aromatic N) is 2. The Morgan fingerprint density at radius 2 is 0.240 bits per heavy atom. The van der Waals surface area contributed by atoms with Gasteiger partial charge < -0.3 is 9.80 Å². The van der Waals surface area contributed by atoms with Crippen molar-refractivity contribution in [3.05, 3.63) is 0 Å². The topological polar surface area (TPSA) is 6.48 Å². The SMILES string of the molecule is CCCCCCCCCCCCCCCCCCN(C)CCCCCCCCCCCCCCCCCC.CCCCCCCCCCCCN(CCCCCCCCCCCC)CCCCCCCCCCCC. The molecular weight excluding hydrogens is 905 g/mol. The number of hydrogen-bond acceptors (Lipinski definition) is 2. The summed E-state index contributed by atoms with van der Waals surface area (Å²) in [6.07, 6.45) is 90.4. The van der Waals surface area contributed by atoms with Gasteiger partial charge in [-0.2, -0.15) is 0 Å². The molecule has 2 nitrogen and oxygen atoms in total. The highest BCUT2D eigenvalue weighted by atomic mass is 15.1. The Morgan fingerprint density at radius 3 is 0.373 bits per heavy atom. The summed E-state index contributed by atoms with van der Waals surface area (Å²) in [7, 11) is 2.34. The minimum absolute atomic E-state index is 1.32. The molecule has 0 atom stereocenters. The molecule has 0 aliphatic heterocycles. The van der Waals surface area contributed by atoms with Crippen LogP contribution in [0.5, 0.6) is 0 Å². The fourth-order valence-corrected chi connectivity index (χ4v) is 11.8. The molecule has 0 heterocycles. The van der Waals surface area contributed by atoms with Crippen LogP contribution in [0.2, 0.25) is 0 Å². The van der Waals surface area contributed by atoms with Gasteiger partial charge in [-0.1, -0.05) is 401 Å². The van der Waals surface area contributed by atoms with Gasteiger partial charge in [-0.05, 0) is 71.9 Å². The smallest absolute Gasteiger partial charge is 0.00187 e. The van der Waals surface area contributed by atoms with E-state index >= 15 is 0 Å². The molecule has 0 spiro atoms. The molecule has 0 bridgehead atoms. The molecule has 0 saturated carbocycles. The summed E-state index contributed by atoms with van der Waals surface area (Å²) in [6.45, 7) is 18.3. The van der Waals surface area contributed by atoms with Crippen molar-refractivity contribution < 1.29 is 0 Å². The average Bonchev–Trinajstić information content (AvgIpc) is 3.42. The van der Waals surface area contributed by atoms with E-state index in [1.165, 1.54) is 431 Å². The van der Waals surface area contributed by atoms with E-state index in [0.29, 0.717) is 0 Å². The van der Waals surface area contributed by atoms with Crippen LogP contribution >= 0.6 is 0 Å². The van der Waals surface area contributed by atoms with Crippen molar-refractivity contribution in [1.29, 1.82) is 0 Å². The normalized spacial score (nSPS) is 11.7. The summed E-state index contributed by atoms with van der Waals surface area (Å²) < 4.78 is 0. The standard InChI is InChI=1S/C37H77N.C36H75N/c1-4-6-8-10-12-14-16-18-20-22-24-26-28-30-32-34-36-38(3)37-35-33-31-29-27-25-23-21-19-17-15-13-11-9-7-5-2;1-4-7-10-13-16-19-22-25-28-31-34-37(35-32-29-26-23-20-17-14-11-8-5-2)36-33-30-27-24-21-18-15-12-9-6-3/h4-37H2,1-3H3;4-36H2,1-3H3. The van der Waals surface area contributed by atoms with Crippen molar-refractivity contribution in [1.82, 2.24) is 9.80 Å². The molecular formula is C73H152N2. The Kier molecular flexibility index (Phi) is 75.9. The molecule has 454 valence electrons. The molecule has 0 N–H and O–H groups in total. The van der Waals surface area contributed by atoms with E-state index in [-0.39, 0.29) is 0 Å². The Balaban J connectivity index is 0.